The van der Waals surface area contributed by atoms with Gasteiger partial charge in [-0.2, -0.15) is 0 Å². The van der Waals surface area contributed by atoms with Crippen LogP contribution in [0, 0.1) is 0 Å². The Morgan fingerprint density at radius 3 is 0.971 bits per heavy atom. The summed E-state index contributed by atoms with van der Waals surface area (Å²) in [5.74, 6) is -0.0537. The molecule has 2 unspecified atom stereocenters. The monoisotopic (exact) mass is 988 g/mol. The minimum atomic E-state index is -0.846. The van der Waals surface area contributed by atoms with Crippen LogP contribution >= 0.6 is 0 Å². The van der Waals surface area contributed by atoms with Crippen LogP contribution in [-0.4, -0.2) is 47.4 Å². The number of hydrogen-bond donors (Lipinski definition) is 3. The number of rotatable bonds is 60. The molecule has 0 heterocycles. The highest BCUT2D eigenvalue weighted by Gasteiger charge is 2.18. The van der Waals surface area contributed by atoms with E-state index in [2.05, 4.69) is 19.2 Å². The van der Waals surface area contributed by atoms with Crippen LogP contribution in [0.4, 0.5) is 0 Å². The smallest absolute Gasteiger partial charge is 0.305 e. The number of carbonyl (C=O) groups excluding carboxylic acids is 2. The molecule has 0 aromatic heterocycles. The van der Waals surface area contributed by atoms with Gasteiger partial charge in [0.15, 0.2) is 0 Å². The van der Waals surface area contributed by atoms with Crippen LogP contribution in [-0.2, 0) is 14.3 Å². The lowest BCUT2D eigenvalue weighted by molar-refractivity contribution is -0.143. The summed E-state index contributed by atoms with van der Waals surface area (Å²) in [6, 6.07) is -0.629. The highest BCUT2D eigenvalue weighted by Crippen LogP contribution is 2.18. The Hall–Kier alpha value is -1.40. The second-order valence-corrected chi connectivity index (χ2v) is 22.1. The van der Waals surface area contributed by atoms with Crippen molar-refractivity contribution in [2.45, 2.75) is 373 Å². The summed E-state index contributed by atoms with van der Waals surface area (Å²) in [4.78, 5) is 24.5. The second-order valence-electron chi connectivity index (χ2n) is 22.1. The molecule has 3 N–H and O–H groups in total. The average Bonchev–Trinajstić information content (AvgIpc) is 3.36. The number of aliphatic hydroxyl groups excluding tert-OH is 2. The van der Waals surface area contributed by atoms with Gasteiger partial charge in [-0.25, -0.2) is 0 Å². The van der Waals surface area contributed by atoms with Crippen LogP contribution < -0.4 is 5.32 Å². The Labute approximate surface area is 438 Å². The molecule has 6 heteroatoms. The number of carbonyl (C=O) groups is 2. The van der Waals surface area contributed by atoms with Gasteiger partial charge in [-0.05, 0) is 32.1 Å². The molecule has 0 fully saturated rings. The number of esters is 1. The highest BCUT2D eigenvalue weighted by molar-refractivity contribution is 5.76. The van der Waals surface area contributed by atoms with Crippen LogP contribution in [0.5, 0.6) is 0 Å². The van der Waals surface area contributed by atoms with Gasteiger partial charge in [-0.1, -0.05) is 328 Å². The SMILES string of the molecule is CCCCCCCCCCCCCCCCCCCC/C=C/C(O)C(CO)NC(=O)CCCCCCCCCCCCCCCCCCCCCCOC(=O)CCCCCCCCCCCCCCC. The van der Waals surface area contributed by atoms with Gasteiger partial charge < -0.3 is 20.3 Å². The van der Waals surface area contributed by atoms with Crippen molar-refractivity contribution >= 4 is 11.9 Å². The van der Waals surface area contributed by atoms with Gasteiger partial charge in [0.2, 0.25) is 5.91 Å². The molecule has 1 amide bonds. The van der Waals surface area contributed by atoms with Gasteiger partial charge in [-0.15, -0.1) is 0 Å². The Morgan fingerprint density at radius 1 is 0.386 bits per heavy atom. The maximum Gasteiger partial charge on any atom is 0.305 e. The molecule has 6 nitrogen and oxygen atoms in total. The lowest BCUT2D eigenvalue weighted by Crippen LogP contribution is -2.45. The molecule has 0 aromatic carbocycles. The molecule has 0 aromatic rings. The summed E-state index contributed by atoms with van der Waals surface area (Å²) in [5.41, 5.74) is 0. The number of unbranched alkanes of at least 4 members (excludes halogenated alkanes) is 49. The third kappa shape index (κ3) is 55.9. The summed E-state index contributed by atoms with van der Waals surface area (Å²) in [5, 5.41) is 23.2. The third-order valence-corrected chi connectivity index (χ3v) is 15.1. The zero-order valence-electron chi connectivity index (χ0n) is 47.5. The topological polar surface area (TPSA) is 95.9 Å². The van der Waals surface area contributed by atoms with Crippen LogP contribution in [0.1, 0.15) is 361 Å². The summed E-state index contributed by atoms with van der Waals surface area (Å²) in [7, 11) is 0. The van der Waals surface area contributed by atoms with E-state index in [9.17, 15) is 19.8 Å². The first-order chi connectivity index (χ1) is 34.5. The fourth-order valence-corrected chi connectivity index (χ4v) is 10.2. The molecule has 416 valence electrons. The van der Waals surface area contributed by atoms with Crippen LogP contribution in [0.15, 0.2) is 12.2 Å². The summed E-state index contributed by atoms with van der Waals surface area (Å²) < 4.78 is 5.48. The van der Waals surface area contributed by atoms with Gasteiger partial charge in [0.25, 0.3) is 0 Å². The Balaban J connectivity index is 3.42. The minimum absolute atomic E-state index is 0.0123. The quantitative estimate of drug-likeness (QED) is 0.0321. The van der Waals surface area contributed by atoms with E-state index in [4.69, 9.17) is 4.74 Å². The maximum atomic E-state index is 12.5. The fraction of sp³-hybridized carbons (Fsp3) is 0.938. The zero-order valence-corrected chi connectivity index (χ0v) is 47.5. The Kier molecular flexibility index (Phi) is 59.0. The van der Waals surface area contributed by atoms with Gasteiger partial charge >= 0.3 is 5.97 Å². The third-order valence-electron chi connectivity index (χ3n) is 15.1. The lowest BCUT2D eigenvalue weighted by atomic mass is 10.0. The van der Waals surface area contributed by atoms with Crippen LogP contribution in [0.2, 0.25) is 0 Å². The predicted octanol–water partition coefficient (Wildman–Crippen LogP) is 20.0. The number of aliphatic hydroxyl groups is 2. The van der Waals surface area contributed by atoms with E-state index in [0.717, 1.165) is 38.5 Å². The van der Waals surface area contributed by atoms with Crippen molar-refractivity contribution in [1.29, 1.82) is 0 Å². The molecule has 0 aliphatic rings. The summed E-state index contributed by atoms with van der Waals surface area (Å²) in [6.45, 7) is 4.93. The molecule has 0 spiro atoms. The van der Waals surface area contributed by atoms with E-state index >= 15 is 0 Å². The molecule has 0 bridgehead atoms. The van der Waals surface area contributed by atoms with Crippen LogP contribution in [0.25, 0.3) is 0 Å². The van der Waals surface area contributed by atoms with Crippen molar-refractivity contribution in [3.8, 4) is 0 Å². The molecule has 0 aliphatic heterocycles. The molecular formula is C64H125NO5. The van der Waals surface area contributed by atoms with E-state index in [1.54, 1.807) is 6.08 Å². The molecule has 0 rings (SSSR count). The van der Waals surface area contributed by atoms with E-state index in [1.807, 2.05) is 6.08 Å². The van der Waals surface area contributed by atoms with Crippen LogP contribution in [0.3, 0.4) is 0 Å². The average molecular weight is 989 g/mol. The molecule has 0 saturated heterocycles. The van der Waals surface area contributed by atoms with E-state index in [0.29, 0.717) is 19.4 Å². The summed E-state index contributed by atoms with van der Waals surface area (Å²) in [6.07, 6.45) is 72.5. The first-order valence-corrected chi connectivity index (χ1v) is 32.0. The first kappa shape index (κ1) is 68.6. The van der Waals surface area contributed by atoms with Gasteiger partial charge in [-0.3, -0.25) is 9.59 Å². The molecule has 70 heavy (non-hydrogen) atoms. The molecule has 0 radical (unpaired) electrons. The predicted molar refractivity (Wildman–Crippen MR) is 306 cm³/mol. The molecule has 2 atom stereocenters. The second kappa shape index (κ2) is 60.2. The number of hydrogen-bond acceptors (Lipinski definition) is 5. The van der Waals surface area contributed by atoms with Gasteiger partial charge in [0.1, 0.15) is 0 Å². The van der Waals surface area contributed by atoms with Crippen molar-refractivity contribution in [3.05, 3.63) is 12.2 Å². The van der Waals surface area contributed by atoms with Crippen molar-refractivity contribution < 1.29 is 24.5 Å². The van der Waals surface area contributed by atoms with E-state index < -0.39 is 12.1 Å². The van der Waals surface area contributed by atoms with Crippen molar-refractivity contribution in [2.75, 3.05) is 13.2 Å². The normalized spacial score (nSPS) is 12.6. The zero-order chi connectivity index (χ0) is 50.7. The van der Waals surface area contributed by atoms with Gasteiger partial charge in [0, 0.05) is 12.8 Å². The lowest BCUT2D eigenvalue weighted by Gasteiger charge is -2.20. The highest BCUT2D eigenvalue weighted by atomic mass is 16.5. The number of nitrogens with one attached hydrogen (secondary N) is 1. The number of amides is 1. The molecular weight excluding hydrogens is 863 g/mol. The standard InChI is InChI=1S/C64H125NO5/c1-3-5-7-9-11-13-15-17-18-19-20-23-26-29-33-36-40-44-48-52-56-62(67)61(60-66)65-63(68)57-53-49-45-41-37-34-30-27-24-21-22-25-28-31-35-39-43-47-51-55-59-70-64(69)58-54-50-46-42-38-32-16-14-12-10-8-6-4-2/h52,56,61-62,66-67H,3-51,53-55,57-60H2,1-2H3,(H,65,68)/b56-52+. The van der Waals surface area contributed by atoms with E-state index in [1.165, 1.54) is 295 Å². The van der Waals surface area contributed by atoms with Crippen molar-refractivity contribution in [2.24, 2.45) is 0 Å². The fourth-order valence-electron chi connectivity index (χ4n) is 10.2. The van der Waals surface area contributed by atoms with Gasteiger partial charge in [0.05, 0.1) is 25.4 Å². The molecule has 0 saturated carbocycles. The molecule has 0 aliphatic carbocycles. The largest absolute Gasteiger partial charge is 0.466 e. The van der Waals surface area contributed by atoms with E-state index in [-0.39, 0.29) is 18.5 Å². The first-order valence-electron chi connectivity index (χ1n) is 32.0. The number of ether oxygens (including phenoxy) is 1. The van der Waals surface area contributed by atoms with Crippen molar-refractivity contribution in [1.82, 2.24) is 5.32 Å². The summed E-state index contributed by atoms with van der Waals surface area (Å²) >= 11 is 0. The Bertz CT molecular complexity index is 1050. The van der Waals surface area contributed by atoms with Crippen molar-refractivity contribution in [3.63, 3.8) is 0 Å². The number of allylic oxidation sites excluding steroid dienone is 1. The minimum Gasteiger partial charge on any atom is -0.466 e. The Morgan fingerprint density at radius 2 is 0.657 bits per heavy atom. The maximum absolute atomic E-state index is 12.5.